The van der Waals surface area contributed by atoms with Crippen molar-refractivity contribution in [3.8, 4) is 11.1 Å². The van der Waals surface area contributed by atoms with Crippen LogP contribution < -0.4 is 0 Å². The zero-order valence-electron chi connectivity index (χ0n) is 8.97. The summed E-state index contributed by atoms with van der Waals surface area (Å²) in [4.78, 5) is 4.15. The van der Waals surface area contributed by atoms with E-state index in [0.29, 0.717) is 0 Å². The van der Waals surface area contributed by atoms with Crippen LogP contribution >= 0.6 is 0 Å². The van der Waals surface area contributed by atoms with E-state index >= 15 is 0 Å². The molecule has 78 valence electrons. The molecule has 0 saturated carbocycles. The molecule has 0 aliphatic heterocycles. The van der Waals surface area contributed by atoms with Crippen molar-refractivity contribution in [3.63, 3.8) is 0 Å². The number of hydrogen-bond acceptors (Lipinski definition) is 2. The van der Waals surface area contributed by atoms with Crippen molar-refractivity contribution in [2.24, 2.45) is 0 Å². The zero-order chi connectivity index (χ0) is 11.0. The fraction of sp³-hybridized carbons (Fsp3) is 0.0714. The van der Waals surface area contributed by atoms with Crippen LogP contribution in [-0.2, 0) is 0 Å². The second-order valence-corrected chi connectivity index (χ2v) is 3.77. The standard InChI is InChI=1S/C14H11NO/c1-10-14(11-5-4-8-15-9-11)12-6-2-3-7-13(12)16-10/h2-9H,1H3. The minimum absolute atomic E-state index is 0.929. The maximum absolute atomic E-state index is 5.73. The third kappa shape index (κ3) is 1.31. The fourth-order valence-electron chi connectivity index (χ4n) is 2.04. The maximum Gasteiger partial charge on any atom is 0.134 e. The van der Waals surface area contributed by atoms with Crippen molar-refractivity contribution in [1.29, 1.82) is 0 Å². The lowest BCUT2D eigenvalue weighted by Gasteiger charge is -1.98. The second-order valence-electron chi connectivity index (χ2n) is 3.77. The largest absolute Gasteiger partial charge is 0.461 e. The number of aromatic nitrogens is 1. The lowest BCUT2D eigenvalue weighted by atomic mass is 10.0. The number of pyridine rings is 1. The Balaban J connectivity index is 2.35. The lowest BCUT2D eigenvalue weighted by Crippen LogP contribution is -1.79. The van der Waals surface area contributed by atoms with Crippen molar-refractivity contribution in [2.75, 3.05) is 0 Å². The van der Waals surface area contributed by atoms with E-state index in [2.05, 4.69) is 17.1 Å². The lowest BCUT2D eigenvalue weighted by molar-refractivity contribution is 0.580. The summed E-state index contributed by atoms with van der Waals surface area (Å²) in [7, 11) is 0. The van der Waals surface area contributed by atoms with Gasteiger partial charge in [0.25, 0.3) is 0 Å². The number of fused-ring (bicyclic) bond motifs is 1. The van der Waals surface area contributed by atoms with Gasteiger partial charge in [0, 0.05) is 28.9 Å². The van der Waals surface area contributed by atoms with Gasteiger partial charge in [-0.05, 0) is 19.1 Å². The molecule has 0 amide bonds. The first-order valence-electron chi connectivity index (χ1n) is 5.25. The van der Waals surface area contributed by atoms with Gasteiger partial charge in [-0.25, -0.2) is 0 Å². The minimum atomic E-state index is 0.929. The number of aryl methyl sites for hydroxylation is 1. The Morgan fingerprint density at radius 3 is 2.75 bits per heavy atom. The molecule has 2 heteroatoms. The number of nitrogens with zero attached hydrogens (tertiary/aromatic N) is 1. The first kappa shape index (κ1) is 9.16. The molecule has 2 heterocycles. The van der Waals surface area contributed by atoms with Gasteiger partial charge in [-0.15, -0.1) is 0 Å². The van der Waals surface area contributed by atoms with E-state index in [-0.39, 0.29) is 0 Å². The maximum atomic E-state index is 5.73. The van der Waals surface area contributed by atoms with Crippen LogP contribution in [-0.4, -0.2) is 4.98 Å². The van der Waals surface area contributed by atoms with Gasteiger partial charge in [-0.1, -0.05) is 24.3 Å². The highest BCUT2D eigenvalue weighted by molar-refractivity contribution is 5.95. The molecule has 0 aliphatic rings. The van der Waals surface area contributed by atoms with E-state index in [1.165, 1.54) is 0 Å². The Bertz CT molecular complexity index is 626. The Hall–Kier alpha value is -2.09. The van der Waals surface area contributed by atoms with Gasteiger partial charge in [-0.3, -0.25) is 4.98 Å². The zero-order valence-corrected chi connectivity index (χ0v) is 8.97. The average Bonchev–Trinajstić information content (AvgIpc) is 2.66. The minimum Gasteiger partial charge on any atom is -0.461 e. The Morgan fingerprint density at radius 1 is 1.06 bits per heavy atom. The molecule has 1 aromatic carbocycles. The summed E-state index contributed by atoms with van der Waals surface area (Å²) in [5.74, 6) is 0.939. The molecule has 2 aromatic heterocycles. The van der Waals surface area contributed by atoms with Crippen LogP contribution in [0.15, 0.2) is 53.2 Å². The molecular formula is C14H11NO. The highest BCUT2D eigenvalue weighted by Gasteiger charge is 2.11. The molecule has 0 radical (unpaired) electrons. The molecule has 0 N–H and O–H groups in total. The number of furan rings is 1. The van der Waals surface area contributed by atoms with Crippen molar-refractivity contribution in [2.45, 2.75) is 6.92 Å². The van der Waals surface area contributed by atoms with Crippen LogP contribution in [0.25, 0.3) is 22.1 Å². The predicted octanol–water partition coefficient (Wildman–Crippen LogP) is 3.80. The first-order valence-corrected chi connectivity index (χ1v) is 5.25. The average molecular weight is 209 g/mol. The summed E-state index contributed by atoms with van der Waals surface area (Å²) >= 11 is 0. The smallest absolute Gasteiger partial charge is 0.134 e. The summed E-state index contributed by atoms with van der Waals surface area (Å²) in [5, 5.41) is 1.15. The second kappa shape index (κ2) is 3.49. The molecule has 2 nitrogen and oxygen atoms in total. The van der Waals surface area contributed by atoms with Gasteiger partial charge in [0.1, 0.15) is 11.3 Å². The topological polar surface area (TPSA) is 26.0 Å². The van der Waals surface area contributed by atoms with E-state index in [9.17, 15) is 0 Å². The van der Waals surface area contributed by atoms with E-state index < -0.39 is 0 Å². The van der Waals surface area contributed by atoms with Crippen LogP contribution in [0.3, 0.4) is 0 Å². The summed E-state index contributed by atoms with van der Waals surface area (Å²) < 4.78 is 5.73. The molecule has 3 aromatic rings. The Labute approximate surface area is 93.5 Å². The molecule has 0 spiro atoms. The van der Waals surface area contributed by atoms with Crippen LogP contribution in [0.1, 0.15) is 5.76 Å². The SMILES string of the molecule is Cc1oc2ccccc2c1-c1cccnc1. The summed E-state index contributed by atoms with van der Waals surface area (Å²) in [6.45, 7) is 1.99. The first-order chi connectivity index (χ1) is 7.86. The van der Waals surface area contributed by atoms with E-state index in [4.69, 9.17) is 4.42 Å². The van der Waals surface area contributed by atoms with Crippen molar-refractivity contribution in [3.05, 3.63) is 54.6 Å². The molecule has 0 unspecified atom stereocenters. The van der Waals surface area contributed by atoms with Crippen LogP contribution in [0.4, 0.5) is 0 Å². The molecule has 0 saturated heterocycles. The number of para-hydroxylation sites is 1. The monoisotopic (exact) mass is 209 g/mol. The van der Waals surface area contributed by atoms with E-state index in [1.54, 1.807) is 6.20 Å². The predicted molar refractivity (Wildman–Crippen MR) is 64.2 cm³/mol. The molecule has 0 aliphatic carbocycles. The summed E-state index contributed by atoms with van der Waals surface area (Å²) in [5.41, 5.74) is 3.17. The molecule has 0 atom stereocenters. The summed E-state index contributed by atoms with van der Waals surface area (Å²) in [6.07, 6.45) is 3.64. The van der Waals surface area contributed by atoms with Gasteiger partial charge in [0.2, 0.25) is 0 Å². The molecular weight excluding hydrogens is 198 g/mol. The van der Waals surface area contributed by atoms with Gasteiger partial charge in [-0.2, -0.15) is 0 Å². The van der Waals surface area contributed by atoms with Gasteiger partial charge in [0.15, 0.2) is 0 Å². The number of benzene rings is 1. The number of rotatable bonds is 1. The summed E-state index contributed by atoms with van der Waals surface area (Å²) in [6, 6.07) is 12.1. The molecule has 3 rings (SSSR count). The molecule has 0 fully saturated rings. The molecule has 0 bridgehead atoms. The van der Waals surface area contributed by atoms with Crippen molar-refractivity contribution >= 4 is 11.0 Å². The van der Waals surface area contributed by atoms with Crippen LogP contribution in [0.5, 0.6) is 0 Å². The van der Waals surface area contributed by atoms with Gasteiger partial charge in [0.05, 0.1) is 0 Å². The van der Waals surface area contributed by atoms with Gasteiger partial charge >= 0.3 is 0 Å². The van der Waals surface area contributed by atoms with Gasteiger partial charge < -0.3 is 4.42 Å². The third-order valence-corrected chi connectivity index (χ3v) is 2.72. The Morgan fingerprint density at radius 2 is 1.94 bits per heavy atom. The van der Waals surface area contributed by atoms with Crippen molar-refractivity contribution < 1.29 is 4.42 Å². The third-order valence-electron chi connectivity index (χ3n) is 2.72. The quantitative estimate of drug-likeness (QED) is 0.609. The highest BCUT2D eigenvalue weighted by Crippen LogP contribution is 2.33. The normalized spacial score (nSPS) is 10.8. The number of hydrogen-bond donors (Lipinski definition) is 0. The molecule has 16 heavy (non-hydrogen) atoms. The fourth-order valence-corrected chi connectivity index (χ4v) is 2.04. The van der Waals surface area contributed by atoms with Crippen molar-refractivity contribution in [1.82, 2.24) is 4.98 Å². The van der Waals surface area contributed by atoms with Crippen LogP contribution in [0, 0.1) is 6.92 Å². The Kier molecular flexibility index (Phi) is 2.00. The highest BCUT2D eigenvalue weighted by atomic mass is 16.3. The van der Waals surface area contributed by atoms with E-state index in [0.717, 1.165) is 27.9 Å². The van der Waals surface area contributed by atoms with Crippen LogP contribution in [0.2, 0.25) is 0 Å². The van der Waals surface area contributed by atoms with E-state index in [1.807, 2.05) is 37.4 Å².